The maximum Gasteiger partial charge on any atom is 0.358 e. The van der Waals surface area contributed by atoms with Gasteiger partial charge in [0.2, 0.25) is 5.91 Å². The van der Waals surface area contributed by atoms with E-state index in [-0.39, 0.29) is 26.8 Å². The van der Waals surface area contributed by atoms with Crippen LogP contribution in [-0.4, -0.2) is 65.5 Å². The van der Waals surface area contributed by atoms with Gasteiger partial charge in [0.05, 0.1) is 23.8 Å². The van der Waals surface area contributed by atoms with E-state index in [0.717, 1.165) is 11.3 Å². The lowest BCUT2D eigenvalue weighted by atomic mass is 9.77. The molecule has 2 aliphatic heterocycles. The Labute approximate surface area is 167 Å². The van der Waals surface area contributed by atoms with Crippen molar-refractivity contribution < 1.29 is 19.2 Å². The summed E-state index contributed by atoms with van der Waals surface area (Å²) < 4.78 is 5.28. The van der Waals surface area contributed by atoms with Gasteiger partial charge in [0.15, 0.2) is 7.98 Å². The minimum Gasteiger partial charge on any atom is -0.428 e. The van der Waals surface area contributed by atoms with Gasteiger partial charge in [-0.15, -0.1) is 0 Å². The predicted molar refractivity (Wildman–Crippen MR) is 109 cm³/mol. The Morgan fingerprint density at radius 1 is 1.50 bits per heavy atom. The Kier molecular flexibility index (Phi) is 6.50. The molecule has 0 bridgehead atoms. The first-order chi connectivity index (χ1) is 13.4. The first-order valence-electron chi connectivity index (χ1n) is 9.32. The van der Waals surface area contributed by atoms with Gasteiger partial charge in [0.25, 0.3) is 0 Å². The number of carbonyl (C=O) groups excluding carboxylic acids is 2. The van der Waals surface area contributed by atoms with Crippen LogP contribution in [0.1, 0.15) is 19.5 Å². The monoisotopic (exact) mass is 404 g/mol. The average molecular weight is 404 g/mol. The first kappa shape index (κ1) is 20.9. The Morgan fingerprint density at radius 3 is 2.86 bits per heavy atom. The molecule has 8 nitrogen and oxygen atoms in total. The summed E-state index contributed by atoms with van der Waals surface area (Å²) in [4.78, 5) is 36.1. The van der Waals surface area contributed by atoms with Crippen molar-refractivity contribution in [2.75, 3.05) is 13.6 Å². The molecule has 2 aliphatic rings. The number of nitrogens with one attached hydrogen (secondary N) is 1. The Balaban J connectivity index is 1.84. The summed E-state index contributed by atoms with van der Waals surface area (Å²) in [5.41, 5.74) is 2.12. The third-order valence-electron chi connectivity index (χ3n) is 5.35. The number of fused-ring (bicyclic) bond motifs is 1. The third kappa shape index (κ3) is 3.85. The molecule has 1 saturated heterocycles. The normalized spacial score (nSPS) is 25.4. The number of β-lactam (4-membered cyclic amide) rings is 1. The Hall–Kier alpha value is -1.80. The summed E-state index contributed by atoms with van der Waals surface area (Å²) in [6.07, 6.45) is 0.998. The topological polar surface area (TPSA) is 95.0 Å². The summed E-state index contributed by atoms with van der Waals surface area (Å²) in [6.45, 7) is 4.76. The highest BCUT2D eigenvalue weighted by Gasteiger charge is 2.59. The standard InChI is InChI=1S/C18H26BN4O4P/c1-10-13(9-22(3)8-12-6-4-5-7-20-12)16(18(26)27-28-21-19)23-15(10)14(11(2)24)17(23)25/h4-7,10-11,14-15,21,24,28H,8-9,19H2,1-3H3/t10-,11+,14+,15+/m0/s1. The van der Waals surface area contributed by atoms with Crippen molar-refractivity contribution in [1.82, 2.24) is 19.8 Å². The maximum absolute atomic E-state index is 12.7. The van der Waals surface area contributed by atoms with Gasteiger partial charge in [0, 0.05) is 25.2 Å². The van der Waals surface area contributed by atoms with Crippen LogP contribution in [0.3, 0.4) is 0 Å². The fraction of sp³-hybridized carbons (Fsp3) is 0.500. The van der Waals surface area contributed by atoms with E-state index >= 15 is 0 Å². The van der Waals surface area contributed by atoms with Crippen molar-refractivity contribution in [1.29, 1.82) is 0 Å². The minimum absolute atomic E-state index is 0.0380. The Bertz CT molecular complexity index is 776. The number of aromatic nitrogens is 1. The highest BCUT2D eigenvalue weighted by atomic mass is 31.1. The van der Waals surface area contributed by atoms with Crippen LogP contribution in [0, 0.1) is 11.8 Å². The number of hydrogen-bond donors (Lipinski definition) is 2. The lowest BCUT2D eigenvalue weighted by Gasteiger charge is -2.46. The number of carbonyl (C=O) groups is 2. The zero-order valence-electron chi connectivity index (χ0n) is 16.5. The van der Waals surface area contributed by atoms with E-state index < -0.39 is 18.0 Å². The molecule has 28 heavy (non-hydrogen) atoms. The second-order valence-corrected chi connectivity index (χ2v) is 8.27. The molecule has 3 rings (SSSR count). The van der Waals surface area contributed by atoms with Gasteiger partial charge in [-0.05, 0) is 31.7 Å². The zero-order valence-corrected chi connectivity index (χ0v) is 17.5. The molecule has 3 heterocycles. The van der Waals surface area contributed by atoms with Crippen LogP contribution in [0.5, 0.6) is 0 Å². The van der Waals surface area contributed by atoms with E-state index in [2.05, 4.69) is 14.9 Å². The second-order valence-electron chi connectivity index (χ2n) is 7.36. The summed E-state index contributed by atoms with van der Waals surface area (Å²) in [5.74, 6) is -1.23. The van der Waals surface area contributed by atoms with Crippen LogP contribution < -0.4 is 5.00 Å². The van der Waals surface area contributed by atoms with Crippen molar-refractivity contribution in [2.24, 2.45) is 11.8 Å². The highest BCUT2D eigenvalue weighted by Crippen LogP contribution is 2.47. The predicted octanol–water partition coefficient (Wildman–Crippen LogP) is -0.186. The number of likely N-dealkylation sites (N-methyl/N-ethyl adjacent to an activating group) is 1. The molecule has 1 unspecified atom stereocenters. The van der Waals surface area contributed by atoms with Crippen LogP contribution >= 0.6 is 8.96 Å². The van der Waals surface area contributed by atoms with Gasteiger partial charge < -0.3 is 19.5 Å². The molecule has 1 aromatic rings. The number of aliphatic hydroxyl groups excluding tert-OH is 1. The lowest BCUT2D eigenvalue weighted by Crippen LogP contribution is -2.63. The molecule has 1 fully saturated rings. The van der Waals surface area contributed by atoms with Crippen molar-refractivity contribution in [3.05, 3.63) is 41.4 Å². The van der Waals surface area contributed by atoms with Crippen molar-refractivity contribution >= 4 is 28.8 Å². The SMILES string of the molecule is BNPOC(=O)C1=C(CN(C)Cc2ccccn2)[C@H](C)[C@@H]2[C@@H]([C@@H](C)O)C(=O)N12. The van der Waals surface area contributed by atoms with E-state index in [1.807, 2.05) is 32.2 Å². The van der Waals surface area contributed by atoms with Gasteiger partial charge in [0.1, 0.15) is 14.7 Å². The van der Waals surface area contributed by atoms with Crippen molar-refractivity contribution in [3.63, 3.8) is 0 Å². The van der Waals surface area contributed by atoms with Crippen LogP contribution in [0.15, 0.2) is 35.7 Å². The number of nitrogens with zero attached hydrogens (tertiary/aromatic N) is 3. The van der Waals surface area contributed by atoms with Crippen molar-refractivity contribution in [2.45, 2.75) is 32.5 Å². The third-order valence-corrected chi connectivity index (χ3v) is 5.84. The summed E-state index contributed by atoms with van der Waals surface area (Å²) in [6, 6.07) is 5.56. The molecule has 0 radical (unpaired) electrons. The highest BCUT2D eigenvalue weighted by molar-refractivity contribution is 7.32. The number of pyridine rings is 1. The zero-order chi connectivity index (χ0) is 20.4. The van der Waals surface area contributed by atoms with E-state index in [4.69, 9.17) is 4.52 Å². The van der Waals surface area contributed by atoms with Gasteiger partial charge in [-0.25, -0.2) is 4.79 Å². The minimum atomic E-state index is -0.752. The molecular weight excluding hydrogens is 378 g/mol. The number of aliphatic hydroxyl groups is 1. The second kappa shape index (κ2) is 8.70. The molecule has 2 N–H and O–H groups in total. The van der Waals surface area contributed by atoms with Gasteiger partial charge >= 0.3 is 5.97 Å². The average Bonchev–Trinajstić information content (AvgIpc) is 2.89. The van der Waals surface area contributed by atoms with Crippen molar-refractivity contribution in [3.8, 4) is 0 Å². The summed E-state index contributed by atoms with van der Waals surface area (Å²) in [5, 5.41) is 10.0. The van der Waals surface area contributed by atoms with Crippen LogP contribution in [0.2, 0.25) is 0 Å². The largest absolute Gasteiger partial charge is 0.428 e. The summed E-state index contributed by atoms with van der Waals surface area (Å²) in [7, 11) is 3.47. The van der Waals surface area contributed by atoms with Crippen LogP contribution in [0.25, 0.3) is 0 Å². The molecule has 150 valence electrons. The molecule has 1 amide bonds. The number of hydrogen-bond acceptors (Lipinski definition) is 7. The van der Waals surface area contributed by atoms with Gasteiger partial charge in [-0.1, -0.05) is 13.0 Å². The molecule has 10 heteroatoms. The Morgan fingerprint density at radius 2 is 2.25 bits per heavy atom. The first-order valence-corrected chi connectivity index (χ1v) is 10.2. The molecule has 0 spiro atoms. The van der Waals surface area contributed by atoms with Crippen LogP contribution in [0.4, 0.5) is 0 Å². The fourth-order valence-corrected chi connectivity index (χ4v) is 4.39. The number of rotatable bonds is 8. The molecule has 5 atom stereocenters. The van der Waals surface area contributed by atoms with Crippen LogP contribution in [-0.2, 0) is 20.7 Å². The van der Waals surface area contributed by atoms with E-state index in [1.165, 1.54) is 4.90 Å². The van der Waals surface area contributed by atoms with E-state index in [1.54, 1.807) is 21.1 Å². The maximum atomic E-state index is 12.7. The molecule has 1 aromatic heterocycles. The summed E-state index contributed by atoms with van der Waals surface area (Å²) >= 11 is 0. The lowest BCUT2D eigenvalue weighted by molar-refractivity contribution is -0.162. The smallest absolute Gasteiger partial charge is 0.358 e. The van der Waals surface area contributed by atoms with Gasteiger partial charge in [-0.3, -0.25) is 14.7 Å². The number of amides is 1. The molecule has 0 aromatic carbocycles. The molecule has 0 saturated carbocycles. The van der Waals surface area contributed by atoms with Gasteiger partial charge in [-0.2, -0.15) is 0 Å². The van der Waals surface area contributed by atoms with E-state index in [0.29, 0.717) is 18.8 Å². The molecular formula is C18H26BN4O4P. The fourth-order valence-electron chi connectivity index (χ4n) is 4.10. The quantitative estimate of drug-likeness (QED) is 0.353. The van der Waals surface area contributed by atoms with E-state index in [9.17, 15) is 14.7 Å². The molecule has 0 aliphatic carbocycles.